The molecule has 20 heavy (non-hydrogen) atoms. The van der Waals surface area contributed by atoms with Crippen LogP contribution in [0.1, 0.15) is 6.42 Å². The van der Waals surface area contributed by atoms with Crippen LogP contribution >= 0.6 is 0 Å². The van der Waals surface area contributed by atoms with E-state index in [1.165, 1.54) is 12.1 Å². The lowest BCUT2D eigenvalue weighted by atomic mass is 10.0. The van der Waals surface area contributed by atoms with E-state index in [1.54, 1.807) is 18.3 Å². The molecule has 6 heteroatoms. The van der Waals surface area contributed by atoms with Gasteiger partial charge in [-0.3, -0.25) is 14.9 Å². The van der Waals surface area contributed by atoms with Crippen molar-refractivity contribution in [2.75, 3.05) is 13.2 Å². The third-order valence-electron chi connectivity index (χ3n) is 3.68. The molecule has 0 saturated carbocycles. The van der Waals surface area contributed by atoms with E-state index in [4.69, 9.17) is 4.74 Å². The topological polar surface area (TPSA) is 74.4 Å². The van der Waals surface area contributed by atoms with E-state index in [9.17, 15) is 14.9 Å². The van der Waals surface area contributed by atoms with Gasteiger partial charge >= 0.3 is 0 Å². The van der Waals surface area contributed by atoms with Gasteiger partial charge in [0, 0.05) is 41.8 Å². The standard InChI is InChI=1S/C14H14N2O4/c17-14(11-4-6-20-9-11)8-15-5-3-10-7-12(16(18)19)1-2-13(10)15/h1-3,5,7,11H,4,6,8-9H2. The zero-order valence-corrected chi connectivity index (χ0v) is 10.8. The van der Waals surface area contributed by atoms with Crippen LogP contribution in [0.25, 0.3) is 10.9 Å². The number of nitro groups is 1. The number of Topliss-reactive ketones (excluding diaryl/α,β-unsaturated/α-hetero) is 1. The molecule has 1 unspecified atom stereocenters. The summed E-state index contributed by atoms with van der Waals surface area (Å²) in [6, 6.07) is 6.46. The molecule has 2 heterocycles. The summed E-state index contributed by atoms with van der Waals surface area (Å²) in [7, 11) is 0. The minimum Gasteiger partial charge on any atom is -0.381 e. The van der Waals surface area contributed by atoms with Gasteiger partial charge in [0.05, 0.1) is 18.1 Å². The molecule has 2 aromatic rings. The average molecular weight is 274 g/mol. The molecule has 0 N–H and O–H groups in total. The monoisotopic (exact) mass is 274 g/mol. The fourth-order valence-corrected chi connectivity index (χ4v) is 2.52. The van der Waals surface area contributed by atoms with Crippen LogP contribution in [0.15, 0.2) is 30.5 Å². The smallest absolute Gasteiger partial charge is 0.270 e. The van der Waals surface area contributed by atoms with Crippen LogP contribution in [0.5, 0.6) is 0 Å². The van der Waals surface area contributed by atoms with Gasteiger partial charge in [-0.05, 0) is 18.6 Å². The molecular formula is C14H14N2O4. The van der Waals surface area contributed by atoms with E-state index in [0.717, 1.165) is 17.3 Å². The lowest BCUT2D eigenvalue weighted by Gasteiger charge is -2.08. The molecule has 1 aliphatic heterocycles. The van der Waals surface area contributed by atoms with Crippen LogP contribution in [0.4, 0.5) is 5.69 Å². The predicted octanol–water partition coefficient (Wildman–Crippen LogP) is 2.16. The molecule has 1 aromatic heterocycles. The number of hydrogen-bond donors (Lipinski definition) is 0. The second-order valence-electron chi connectivity index (χ2n) is 4.97. The molecule has 0 spiro atoms. The molecule has 0 amide bonds. The molecule has 0 aliphatic carbocycles. The van der Waals surface area contributed by atoms with Gasteiger partial charge in [0.25, 0.3) is 5.69 Å². The Morgan fingerprint density at radius 2 is 2.30 bits per heavy atom. The fraction of sp³-hybridized carbons (Fsp3) is 0.357. The summed E-state index contributed by atoms with van der Waals surface area (Å²) < 4.78 is 7.05. The first kappa shape index (κ1) is 12.8. The summed E-state index contributed by atoms with van der Waals surface area (Å²) in [6.45, 7) is 1.44. The molecule has 104 valence electrons. The molecular weight excluding hydrogens is 260 g/mol. The number of ether oxygens (including phenoxy) is 1. The van der Waals surface area contributed by atoms with Crippen LogP contribution in [0.3, 0.4) is 0 Å². The van der Waals surface area contributed by atoms with Gasteiger partial charge in [-0.25, -0.2) is 0 Å². The lowest BCUT2D eigenvalue weighted by molar-refractivity contribution is -0.384. The van der Waals surface area contributed by atoms with E-state index in [2.05, 4.69) is 0 Å². The van der Waals surface area contributed by atoms with Crippen LogP contribution in [-0.2, 0) is 16.1 Å². The summed E-state index contributed by atoms with van der Waals surface area (Å²) in [5, 5.41) is 11.5. The van der Waals surface area contributed by atoms with Crippen molar-refractivity contribution in [1.82, 2.24) is 4.57 Å². The number of fused-ring (bicyclic) bond motifs is 1. The number of non-ortho nitro benzene ring substituents is 1. The summed E-state index contributed by atoms with van der Waals surface area (Å²) in [6.07, 6.45) is 2.58. The van der Waals surface area contributed by atoms with Gasteiger partial charge in [0.15, 0.2) is 5.78 Å². The lowest BCUT2D eigenvalue weighted by Crippen LogP contribution is -2.19. The van der Waals surface area contributed by atoms with Gasteiger partial charge in [0.2, 0.25) is 0 Å². The van der Waals surface area contributed by atoms with Crippen molar-refractivity contribution in [3.63, 3.8) is 0 Å². The number of aromatic nitrogens is 1. The van der Waals surface area contributed by atoms with Crippen molar-refractivity contribution >= 4 is 22.4 Å². The summed E-state index contributed by atoms with van der Waals surface area (Å²) in [5.41, 5.74) is 0.897. The van der Waals surface area contributed by atoms with E-state index in [-0.39, 0.29) is 23.9 Å². The number of nitro benzene ring substituents is 1. The van der Waals surface area contributed by atoms with Crippen molar-refractivity contribution in [2.45, 2.75) is 13.0 Å². The van der Waals surface area contributed by atoms with Crippen LogP contribution in [0.2, 0.25) is 0 Å². The van der Waals surface area contributed by atoms with Crippen molar-refractivity contribution < 1.29 is 14.5 Å². The molecule has 6 nitrogen and oxygen atoms in total. The molecule has 1 atom stereocenters. The Balaban J connectivity index is 1.85. The normalized spacial score (nSPS) is 18.5. The number of rotatable bonds is 4. The van der Waals surface area contributed by atoms with Crippen LogP contribution in [-0.4, -0.2) is 28.5 Å². The third-order valence-corrected chi connectivity index (χ3v) is 3.68. The second kappa shape index (κ2) is 5.05. The highest BCUT2D eigenvalue weighted by Crippen LogP contribution is 2.23. The highest BCUT2D eigenvalue weighted by Gasteiger charge is 2.23. The van der Waals surface area contributed by atoms with Crippen molar-refractivity contribution in [3.8, 4) is 0 Å². The minimum atomic E-state index is -0.419. The Hall–Kier alpha value is -2.21. The van der Waals surface area contributed by atoms with Gasteiger partial charge < -0.3 is 9.30 Å². The molecule has 1 saturated heterocycles. The largest absolute Gasteiger partial charge is 0.381 e. The highest BCUT2D eigenvalue weighted by atomic mass is 16.6. The Kier molecular flexibility index (Phi) is 3.23. The maximum Gasteiger partial charge on any atom is 0.270 e. The first-order valence-corrected chi connectivity index (χ1v) is 6.49. The molecule has 3 rings (SSSR count). The average Bonchev–Trinajstić information content (AvgIpc) is 3.07. The summed E-state index contributed by atoms with van der Waals surface area (Å²) >= 11 is 0. The van der Waals surface area contributed by atoms with Crippen molar-refractivity contribution in [2.24, 2.45) is 5.92 Å². The second-order valence-corrected chi connectivity index (χ2v) is 4.97. The third kappa shape index (κ3) is 2.30. The zero-order chi connectivity index (χ0) is 14.1. The summed E-state index contributed by atoms with van der Waals surface area (Å²) in [5.74, 6) is 0.129. The number of carbonyl (C=O) groups is 1. The molecule has 0 bridgehead atoms. The maximum absolute atomic E-state index is 12.1. The van der Waals surface area contributed by atoms with E-state index in [1.807, 2.05) is 4.57 Å². The quantitative estimate of drug-likeness (QED) is 0.632. The van der Waals surface area contributed by atoms with E-state index < -0.39 is 4.92 Å². The van der Waals surface area contributed by atoms with Gasteiger partial charge in [0.1, 0.15) is 0 Å². The van der Waals surface area contributed by atoms with Crippen LogP contribution < -0.4 is 0 Å². The minimum absolute atomic E-state index is 0.0227. The van der Waals surface area contributed by atoms with Crippen molar-refractivity contribution in [1.29, 1.82) is 0 Å². The molecule has 1 fully saturated rings. The Bertz CT molecular complexity index is 671. The van der Waals surface area contributed by atoms with E-state index in [0.29, 0.717) is 13.2 Å². The number of hydrogen-bond acceptors (Lipinski definition) is 4. The number of ketones is 1. The molecule has 0 radical (unpaired) electrons. The predicted molar refractivity (Wildman–Crippen MR) is 72.5 cm³/mol. The summed E-state index contributed by atoms with van der Waals surface area (Å²) in [4.78, 5) is 22.4. The highest BCUT2D eigenvalue weighted by molar-refractivity contribution is 5.86. The van der Waals surface area contributed by atoms with E-state index >= 15 is 0 Å². The molecule has 1 aliphatic rings. The molecule has 1 aromatic carbocycles. The maximum atomic E-state index is 12.1. The van der Waals surface area contributed by atoms with Gasteiger partial charge in [-0.2, -0.15) is 0 Å². The Morgan fingerprint density at radius 1 is 1.45 bits per heavy atom. The SMILES string of the molecule is O=C(Cn1ccc2cc([N+](=O)[O-])ccc21)C1CCOC1. The van der Waals surface area contributed by atoms with Gasteiger partial charge in [-0.1, -0.05) is 0 Å². The number of nitrogens with zero attached hydrogens (tertiary/aromatic N) is 2. The zero-order valence-electron chi connectivity index (χ0n) is 10.8. The Labute approximate surface area is 115 Å². The van der Waals surface area contributed by atoms with Gasteiger partial charge in [-0.15, -0.1) is 0 Å². The van der Waals surface area contributed by atoms with Crippen LogP contribution in [0, 0.1) is 16.0 Å². The first-order valence-electron chi connectivity index (χ1n) is 6.49. The number of carbonyl (C=O) groups excluding carboxylic acids is 1. The first-order chi connectivity index (χ1) is 9.65. The Morgan fingerprint density at radius 3 is 3.00 bits per heavy atom. The fourth-order valence-electron chi connectivity index (χ4n) is 2.52. The number of benzene rings is 1. The van der Waals surface area contributed by atoms with Crippen molar-refractivity contribution in [3.05, 3.63) is 40.6 Å².